The molecule has 1 aliphatic carbocycles. The van der Waals surface area contributed by atoms with E-state index in [0.29, 0.717) is 18.0 Å². The van der Waals surface area contributed by atoms with Crippen molar-refractivity contribution < 1.29 is 19.5 Å². The molecule has 0 bridgehead atoms. The van der Waals surface area contributed by atoms with Gasteiger partial charge in [0.05, 0.1) is 12.0 Å². The van der Waals surface area contributed by atoms with Crippen LogP contribution >= 0.6 is 11.6 Å². The molecule has 180 valence electrons. The van der Waals surface area contributed by atoms with Gasteiger partial charge in [0.1, 0.15) is 0 Å². The third kappa shape index (κ3) is 5.88. The molecule has 0 aromatic heterocycles. The number of aryl methyl sites for hydroxylation is 1. The lowest BCUT2D eigenvalue weighted by Gasteiger charge is -2.40. The van der Waals surface area contributed by atoms with Gasteiger partial charge in [0.2, 0.25) is 5.91 Å². The van der Waals surface area contributed by atoms with Gasteiger partial charge in [-0.25, -0.2) is 4.79 Å². The molecule has 33 heavy (non-hydrogen) atoms. The molecule has 3 rings (SSSR count). The van der Waals surface area contributed by atoms with E-state index in [1.54, 1.807) is 6.20 Å². The summed E-state index contributed by atoms with van der Waals surface area (Å²) in [5.74, 6) is -1.04. The normalized spacial score (nSPS) is 22.5. The average molecular weight is 476 g/mol. The average Bonchev–Trinajstić information content (AvgIpc) is 3.07. The second-order valence-corrected chi connectivity index (χ2v) is 10.7. The summed E-state index contributed by atoms with van der Waals surface area (Å²) in [5.41, 5.74) is 2.45. The Kier molecular flexibility index (Phi) is 7.42. The predicted molar refractivity (Wildman–Crippen MR) is 128 cm³/mol. The second kappa shape index (κ2) is 9.75. The minimum Gasteiger partial charge on any atom is -0.481 e. The van der Waals surface area contributed by atoms with Crippen molar-refractivity contribution in [3.05, 3.63) is 46.1 Å². The standard InChI is InChI=1S/C25H34ClN3O4/c1-16(30)27-14-18-8-11-25(20(18)15-29(23(33)28-25)12-9-22(31)32)19-6-5-17(21(26)13-19)7-10-24(2,3)4/h5-6,13,15,18H,7-12,14H2,1-4H3,(H,27,30)(H,28,33)(H,31,32). The molecule has 3 N–H and O–H groups in total. The molecule has 1 aromatic rings. The number of aliphatic carboxylic acids is 1. The van der Waals surface area contributed by atoms with E-state index in [0.717, 1.165) is 36.0 Å². The number of nitrogens with one attached hydrogen (secondary N) is 2. The smallest absolute Gasteiger partial charge is 0.322 e. The number of fused-ring (bicyclic) bond motifs is 1. The summed E-state index contributed by atoms with van der Waals surface area (Å²) in [4.78, 5) is 36.9. The van der Waals surface area contributed by atoms with Crippen molar-refractivity contribution in [1.82, 2.24) is 15.5 Å². The Morgan fingerprint density at radius 1 is 1.33 bits per heavy atom. The Balaban J connectivity index is 1.95. The summed E-state index contributed by atoms with van der Waals surface area (Å²) in [7, 11) is 0. The summed E-state index contributed by atoms with van der Waals surface area (Å²) in [6.45, 7) is 8.63. The molecule has 3 amide bonds. The Hall–Kier alpha value is -2.54. The van der Waals surface area contributed by atoms with Crippen molar-refractivity contribution in [3.8, 4) is 0 Å². The lowest BCUT2D eigenvalue weighted by Crippen LogP contribution is -2.54. The maximum absolute atomic E-state index is 12.9. The van der Waals surface area contributed by atoms with Crippen LogP contribution in [0.1, 0.15) is 64.5 Å². The SMILES string of the molecule is CC(=O)NCC1CCC2(c3ccc(CCC(C)(C)C)c(Cl)c3)NC(=O)N(CCC(=O)O)C=C12. The molecule has 8 heteroatoms. The van der Waals surface area contributed by atoms with Crippen molar-refractivity contribution in [2.75, 3.05) is 13.1 Å². The van der Waals surface area contributed by atoms with Gasteiger partial charge in [0.15, 0.2) is 0 Å². The number of carbonyl (C=O) groups excluding carboxylic acids is 2. The molecular weight excluding hydrogens is 442 g/mol. The van der Waals surface area contributed by atoms with E-state index < -0.39 is 11.5 Å². The van der Waals surface area contributed by atoms with Gasteiger partial charge in [-0.05, 0) is 53.9 Å². The highest BCUT2D eigenvalue weighted by molar-refractivity contribution is 6.31. The Morgan fingerprint density at radius 2 is 2.06 bits per heavy atom. The van der Waals surface area contributed by atoms with Crippen LogP contribution in [0.15, 0.2) is 30.0 Å². The van der Waals surface area contributed by atoms with E-state index in [-0.39, 0.29) is 36.2 Å². The summed E-state index contributed by atoms with van der Waals surface area (Å²) < 4.78 is 0. The first-order valence-electron chi connectivity index (χ1n) is 11.5. The van der Waals surface area contributed by atoms with Gasteiger partial charge in [-0.15, -0.1) is 0 Å². The number of hydrogen-bond donors (Lipinski definition) is 3. The number of benzene rings is 1. The fourth-order valence-corrected chi connectivity index (χ4v) is 4.91. The maximum atomic E-state index is 12.9. The largest absolute Gasteiger partial charge is 0.481 e. The fourth-order valence-electron chi connectivity index (χ4n) is 4.64. The molecule has 1 aromatic carbocycles. The van der Waals surface area contributed by atoms with Crippen molar-refractivity contribution in [3.63, 3.8) is 0 Å². The predicted octanol–water partition coefficient (Wildman–Crippen LogP) is 4.44. The molecule has 2 aliphatic rings. The fraction of sp³-hybridized carbons (Fsp3) is 0.560. The molecule has 1 aliphatic heterocycles. The van der Waals surface area contributed by atoms with Gasteiger partial charge < -0.3 is 20.6 Å². The topological polar surface area (TPSA) is 98.7 Å². The summed E-state index contributed by atoms with van der Waals surface area (Å²) in [6.07, 6.45) is 4.98. The second-order valence-electron chi connectivity index (χ2n) is 10.3. The van der Waals surface area contributed by atoms with E-state index in [1.165, 1.54) is 11.8 Å². The lowest BCUT2D eigenvalue weighted by atomic mass is 9.81. The molecule has 0 saturated heterocycles. The molecule has 2 unspecified atom stereocenters. The lowest BCUT2D eigenvalue weighted by molar-refractivity contribution is -0.137. The van der Waals surface area contributed by atoms with Crippen LogP contribution < -0.4 is 10.6 Å². The van der Waals surface area contributed by atoms with Crippen molar-refractivity contribution in [1.29, 1.82) is 0 Å². The highest BCUT2D eigenvalue weighted by Gasteiger charge is 2.49. The maximum Gasteiger partial charge on any atom is 0.322 e. The van der Waals surface area contributed by atoms with Gasteiger partial charge >= 0.3 is 12.0 Å². The molecule has 1 saturated carbocycles. The monoisotopic (exact) mass is 475 g/mol. The summed E-state index contributed by atoms with van der Waals surface area (Å²) in [6, 6.07) is 5.69. The van der Waals surface area contributed by atoms with Crippen LogP contribution in [0.25, 0.3) is 0 Å². The Labute approximate surface area is 200 Å². The quantitative estimate of drug-likeness (QED) is 0.517. The number of amides is 3. The third-order valence-corrected chi connectivity index (χ3v) is 6.88. The van der Waals surface area contributed by atoms with Crippen LogP contribution in [0.5, 0.6) is 0 Å². The van der Waals surface area contributed by atoms with Crippen LogP contribution in [0.4, 0.5) is 4.79 Å². The Bertz CT molecular complexity index is 969. The van der Waals surface area contributed by atoms with Gasteiger partial charge in [0.25, 0.3) is 0 Å². The van der Waals surface area contributed by atoms with Gasteiger partial charge in [-0.3, -0.25) is 9.59 Å². The van der Waals surface area contributed by atoms with Crippen molar-refractivity contribution in [2.24, 2.45) is 11.3 Å². The number of carboxylic acid groups (broad SMARTS) is 1. The van der Waals surface area contributed by atoms with Crippen LogP contribution in [0, 0.1) is 11.3 Å². The van der Waals surface area contributed by atoms with E-state index >= 15 is 0 Å². The minimum absolute atomic E-state index is 0.0289. The van der Waals surface area contributed by atoms with Crippen molar-refractivity contribution >= 4 is 29.5 Å². The number of carboxylic acids is 1. The van der Waals surface area contributed by atoms with Crippen LogP contribution in [-0.4, -0.2) is 41.0 Å². The van der Waals surface area contributed by atoms with Gasteiger partial charge in [-0.2, -0.15) is 0 Å². The molecule has 0 spiro atoms. The van der Waals surface area contributed by atoms with Gasteiger partial charge in [0, 0.05) is 37.2 Å². The van der Waals surface area contributed by atoms with Gasteiger partial charge in [-0.1, -0.05) is 44.5 Å². The third-order valence-electron chi connectivity index (χ3n) is 6.53. The zero-order valence-corrected chi connectivity index (χ0v) is 20.6. The first-order chi connectivity index (χ1) is 15.4. The number of urea groups is 1. The van der Waals surface area contributed by atoms with Crippen LogP contribution in [0.3, 0.4) is 0 Å². The molecule has 1 heterocycles. The number of hydrogen-bond acceptors (Lipinski definition) is 3. The molecule has 0 radical (unpaired) electrons. The summed E-state index contributed by atoms with van der Waals surface area (Å²) in [5, 5.41) is 15.8. The van der Waals surface area contributed by atoms with E-state index in [2.05, 4.69) is 31.4 Å². The van der Waals surface area contributed by atoms with E-state index in [4.69, 9.17) is 16.7 Å². The minimum atomic E-state index is -0.961. The number of carbonyl (C=O) groups is 3. The first-order valence-corrected chi connectivity index (χ1v) is 11.9. The number of rotatable bonds is 8. The van der Waals surface area contributed by atoms with E-state index in [1.807, 2.05) is 18.2 Å². The zero-order valence-electron chi connectivity index (χ0n) is 19.8. The highest BCUT2D eigenvalue weighted by atomic mass is 35.5. The van der Waals surface area contributed by atoms with Crippen LogP contribution in [-0.2, 0) is 21.5 Å². The van der Waals surface area contributed by atoms with Crippen LogP contribution in [0.2, 0.25) is 5.02 Å². The van der Waals surface area contributed by atoms with Crippen molar-refractivity contribution in [2.45, 2.75) is 65.3 Å². The molecule has 1 fully saturated rings. The Morgan fingerprint density at radius 3 is 2.67 bits per heavy atom. The molecule has 2 atom stereocenters. The zero-order chi connectivity index (χ0) is 24.4. The highest BCUT2D eigenvalue weighted by Crippen LogP contribution is 2.49. The number of halogens is 1. The summed E-state index contributed by atoms with van der Waals surface area (Å²) >= 11 is 6.69. The first kappa shape index (κ1) is 25.1. The molecular formula is C25H34ClN3O4. The number of nitrogens with zero attached hydrogens (tertiary/aromatic N) is 1. The molecule has 7 nitrogen and oxygen atoms in total. The van der Waals surface area contributed by atoms with E-state index in [9.17, 15) is 14.4 Å².